The highest BCUT2D eigenvalue weighted by Gasteiger charge is 2.27. The minimum absolute atomic E-state index is 0.0813. The molecule has 116 valence electrons. The molecule has 3 nitrogen and oxygen atoms in total. The van der Waals surface area contributed by atoms with Crippen LogP contribution >= 0.6 is 0 Å². The van der Waals surface area contributed by atoms with Crippen molar-refractivity contribution in [3.63, 3.8) is 0 Å². The zero-order valence-corrected chi connectivity index (χ0v) is 13.7. The molecule has 1 fully saturated rings. The van der Waals surface area contributed by atoms with E-state index in [1.54, 1.807) is 13.0 Å². The lowest BCUT2D eigenvalue weighted by atomic mass is 10.0. The van der Waals surface area contributed by atoms with Crippen molar-refractivity contribution < 1.29 is 9.18 Å². The fourth-order valence-corrected chi connectivity index (χ4v) is 2.83. The maximum atomic E-state index is 13.7. The number of hydrogen-bond donors (Lipinski definition) is 0. The van der Waals surface area contributed by atoms with Gasteiger partial charge in [-0.2, -0.15) is 0 Å². The first-order valence-corrected chi connectivity index (χ1v) is 7.51. The number of aryl methyl sites for hydroxylation is 1. The highest BCUT2D eigenvalue weighted by molar-refractivity contribution is 6.00. The zero-order valence-electron chi connectivity index (χ0n) is 13.7. The minimum atomic E-state index is -0.308. The Morgan fingerprint density at radius 2 is 1.71 bits per heavy atom. The number of hydrogen-bond acceptors (Lipinski definition) is 3. The van der Waals surface area contributed by atoms with E-state index in [0.717, 1.165) is 31.9 Å². The van der Waals surface area contributed by atoms with Gasteiger partial charge in [-0.25, -0.2) is 4.39 Å². The average Bonchev–Trinajstić information content (AvgIpc) is 2.40. The van der Waals surface area contributed by atoms with Gasteiger partial charge in [0, 0.05) is 43.0 Å². The van der Waals surface area contributed by atoms with Gasteiger partial charge < -0.3 is 4.90 Å². The van der Waals surface area contributed by atoms with Crippen LogP contribution in [0.4, 0.5) is 10.1 Å². The average molecular weight is 292 g/mol. The molecule has 1 heterocycles. The number of halogens is 1. The normalized spacial score (nSPS) is 17.1. The Bertz CT molecular complexity index is 540. The summed E-state index contributed by atoms with van der Waals surface area (Å²) in [5.41, 5.74) is 2.11. The van der Waals surface area contributed by atoms with E-state index in [2.05, 4.69) is 30.6 Å². The Morgan fingerprint density at radius 3 is 2.19 bits per heavy atom. The maximum absolute atomic E-state index is 13.7. The molecule has 0 bridgehead atoms. The molecule has 0 aromatic heterocycles. The lowest BCUT2D eigenvalue weighted by Crippen LogP contribution is -2.53. The summed E-state index contributed by atoms with van der Waals surface area (Å²) < 4.78 is 13.7. The van der Waals surface area contributed by atoms with E-state index in [-0.39, 0.29) is 17.1 Å². The van der Waals surface area contributed by atoms with Gasteiger partial charge in [-0.15, -0.1) is 0 Å². The SMILES string of the molecule is CC(=O)c1cc(F)c(C)cc1N1CCN(C(C)(C)C)CC1. The third kappa shape index (κ3) is 3.43. The van der Waals surface area contributed by atoms with Crippen molar-refractivity contribution >= 4 is 11.5 Å². The Morgan fingerprint density at radius 1 is 1.14 bits per heavy atom. The van der Waals surface area contributed by atoms with Gasteiger partial charge in [0.05, 0.1) is 0 Å². The predicted octanol–water partition coefficient (Wildman–Crippen LogP) is 3.26. The van der Waals surface area contributed by atoms with Crippen molar-refractivity contribution in [1.29, 1.82) is 0 Å². The summed E-state index contributed by atoms with van der Waals surface area (Å²) in [4.78, 5) is 16.4. The van der Waals surface area contributed by atoms with Crippen molar-refractivity contribution in [3.05, 3.63) is 29.1 Å². The minimum Gasteiger partial charge on any atom is -0.368 e. The van der Waals surface area contributed by atoms with Crippen LogP contribution in [-0.2, 0) is 0 Å². The fraction of sp³-hybridized carbons (Fsp3) is 0.588. The summed E-state index contributed by atoms with van der Waals surface area (Å²) >= 11 is 0. The quantitative estimate of drug-likeness (QED) is 0.782. The lowest BCUT2D eigenvalue weighted by Gasteiger charge is -2.43. The smallest absolute Gasteiger partial charge is 0.161 e. The first-order valence-electron chi connectivity index (χ1n) is 7.51. The summed E-state index contributed by atoms with van der Waals surface area (Å²) in [7, 11) is 0. The third-order valence-electron chi connectivity index (χ3n) is 4.23. The van der Waals surface area contributed by atoms with Gasteiger partial charge >= 0.3 is 0 Å². The largest absolute Gasteiger partial charge is 0.368 e. The molecule has 0 saturated carbocycles. The third-order valence-corrected chi connectivity index (χ3v) is 4.23. The molecule has 1 aliphatic rings. The van der Waals surface area contributed by atoms with Crippen LogP contribution in [-0.4, -0.2) is 42.4 Å². The van der Waals surface area contributed by atoms with E-state index in [1.807, 2.05) is 0 Å². The van der Waals surface area contributed by atoms with E-state index < -0.39 is 0 Å². The lowest BCUT2D eigenvalue weighted by molar-refractivity contribution is 0.101. The second-order valence-corrected chi connectivity index (χ2v) is 6.82. The van der Waals surface area contributed by atoms with Crippen LogP contribution in [0.3, 0.4) is 0 Å². The number of carbonyl (C=O) groups is 1. The number of anilines is 1. The fourth-order valence-electron chi connectivity index (χ4n) is 2.83. The van der Waals surface area contributed by atoms with Gasteiger partial charge in [-0.1, -0.05) is 0 Å². The molecule has 1 aromatic carbocycles. The molecule has 1 saturated heterocycles. The summed E-state index contributed by atoms with van der Waals surface area (Å²) in [5, 5.41) is 0. The van der Waals surface area contributed by atoms with Gasteiger partial charge in [0.2, 0.25) is 0 Å². The van der Waals surface area contributed by atoms with Gasteiger partial charge in [-0.05, 0) is 52.3 Å². The van der Waals surface area contributed by atoms with Crippen molar-refractivity contribution in [1.82, 2.24) is 4.90 Å². The second kappa shape index (κ2) is 5.76. The molecule has 0 unspecified atom stereocenters. The van der Waals surface area contributed by atoms with Crippen LogP contribution < -0.4 is 4.90 Å². The molecule has 0 aliphatic carbocycles. The van der Waals surface area contributed by atoms with Gasteiger partial charge in [0.1, 0.15) is 5.82 Å². The second-order valence-electron chi connectivity index (χ2n) is 6.82. The highest BCUT2D eigenvalue weighted by atomic mass is 19.1. The summed E-state index contributed by atoms with van der Waals surface area (Å²) in [6.45, 7) is 13.5. The molecule has 0 atom stereocenters. The van der Waals surface area contributed by atoms with Crippen molar-refractivity contribution in [2.24, 2.45) is 0 Å². The summed E-state index contributed by atoms with van der Waals surface area (Å²) in [6, 6.07) is 3.18. The van der Waals surface area contributed by atoms with Crippen LogP contribution in [0.15, 0.2) is 12.1 Å². The first kappa shape index (κ1) is 16.0. The van der Waals surface area contributed by atoms with Gasteiger partial charge in [0.25, 0.3) is 0 Å². The van der Waals surface area contributed by atoms with Crippen LogP contribution in [0, 0.1) is 12.7 Å². The molecular formula is C17H25FN2O. The van der Waals surface area contributed by atoms with Crippen molar-refractivity contribution in [3.8, 4) is 0 Å². The van der Waals surface area contributed by atoms with E-state index in [4.69, 9.17) is 0 Å². The number of nitrogens with zero attached hydrogens (tertiary/aromatic N) is 2. The molecule has 0 N–H and O–H groups in total. The Hall–Kier alpha value is -1.42. The molecular weight excluding hydrogens is 267 g/mol. The van der Waals surface area contributed by atoms with E-state index in [9.17, 15) is 9.18 Å². The molecule has 21 heavy (non-hydrogen) atoms. The highest BCUT2D eigenvalue weighted by Crippen LogP contribution is 2.27. The van der Waals surface area contributed by atoms with Crippen molar-refractivity contribution in [2.75, 3.05) is 31.1 Å². The number of benzene rings is 1. The standard InChI is InChI=1S/C17H25FN2O/c1-12-10-16(14(13(2)21)11-15(12)18)19-6-8-20(9-7-19)17(3,4)5/h10-11H,6-9H2,1-5H3. The first-order chi connectivity index (χ1) is 9.70. The molecule has 4 heteroatoms. The predicted molar refractivity (Wildman–Crippen MR) is 84.7 cm³/mol. The molecule has 0 amide bonds. The number of rotatable bonds is 2. The molecule has 2 rings (SSSR count). The van der Waals surface area contributed by atoms with Crippen LogP contribution in [0.25, 0.3) is 0 Å². The number of piperazine rings is 1. The monoisotopic (exact) mass is 292 g/mol. The maximum Gasteiger partial charge on any atom is 0.161 e. The molecule has 0 spiro atoms. The topological polar surface area (TPSA) is 23.6 Å². The van der Waals surface area contributed by atoms with E-state index in [1.165, 1.54) is 13.0 Å². The van der Waals surface area contributed by atoms with Crippen molar-refractivity contribution in [2.45, 2.75) is 40.2 Å². The zero-order chi connectivity index (χ0) is 15.8. The Labute approximate surface area is 126 Å². The Balaban J connectivity index is 2.24. The summed E-state index contributed by atoms with van der Waals surface area (Å²) in [6.07, 6.45) is 0. The van der Waals surface area contributed by atoms with Crippen LogP contribution in [0.1, 0.15) is 43.6 Å². The van der Waals surface area contributed by atoms with Crippen LogP contribution in [0.2, 0.25) is 0 Å². The molecule has 0 radical (unpaired) electrons. The molecule has 1 aliphatic heterocycles. The number of carbonyl (C=O) groups excluding carboxylic acids is 1. The Kier molecular flexibility index (Phi) is 4.38. The number of ketones is 1. The summed E-state index contributed by atoms with van der Waals surface area (Å²) in [5.74, 6) is -0.389. The van der Waals surface area contributed by atoms with Gasteiger partial charge in [0.15, 0.2) is 5.78 Å². The van der Waals surface area contributed by atoms with E-state index >= 15 is 0 Å². The van der Waals surface area contributed by atoms with Gasteiger partial charge in [-0.3, -0.25) is 9.69 Å². The van der Waals surface area contributed by atoms with Crippen LogP contribution in [0.5, 0.6) is 0 Å². The molecule has 1 aromatic rings. The van der Waals surface area contributed by atoms with E-state index in [0.29, 0.717) is 11.1 Å². The number of Topliss-reactive ketones (excluding diaryl/α,β-unsaturated/α-hetero) is 1.